The maximum absolute atomic E-state index is 12.7. The molecule has 1 heterocycles. The molecule has 0 aromatic heterocycles. The van der Waals surface area contributed by atoms with Gasteiger partial charge >= 0.3 is 6.18 Å². The van der Waals surface area contributed by atoms with Gasteiger partial charge in [0.2, 0.25) is 0 Å². The van der Waals surface area contributed by atoms with Crippen LogP contribution in [0.25, 0.3) is 16.3 Å². The van der Waals surface area contributed by atoms with Crippen molar-refractivity contribution in [3.05, 3.63) is 89.5 Å². The Kier molecular flexibility index (Phi) is 7.22. The lowest BCUT2D eigenvalue weighted by molar-refractivity contribution is -0.137. The lowest BCUT2D eigenvalue weighted by Gasteiger charge is -2.26. The molecule has 0 radical (unpaired) electrons. The summed E-state index contributed by atoms with van der Waals surface area (Å²) in [6.45, 7) is 2.83. The molecule has 0 aliphatic carbocycles. The fourth-order valence-electron chi connectivity index (χ4n) is 4.05. The molecule has 0 saturated carbocycles. The Morgan fingerprint density at radius 1 is 0.867 bits per heavy atom. The van der Waals surface area contributed by atoms with E-state index in [4.69, 9.17) is 0 Å². The summed E-state index contributed by atoms with van der Waals surface area (Å²) in [4.78, 5) is 2.42. The number of benzene rings is 3. The van der Waals surface area contributed by atoms with Crippen molar-refractivity contribution in [3.63, 3.8) is 0 Å². The summed E-state index contributed by atoms with van der Waals surface area (Å²) >= 11 is 0. The average Bonchev–Trinajstić information content (AvgIpc) is 2.74. The molecule has 4 rings (SSSR count). The molecule has 0 bridgehead atoms. The lowest BCUT2D eigenvalue weighted by Crippen LogP contribution is -2.29. The number of alkyl halides is 3. The molecule has 0 atom stereocenters. The minimum atomic E-state index is -4.28. The van der Waals surface area contributed by atoms with Crippen molar-refractivity contribution in [1.29, 1.82) is 0 Å². The highest BCUT2D eigenvalue weighted by atomic mass is 35.5. The molecule has 0 N–H and O–H groups in total. The van der Waals surface area contributed by atoms with E-state index in [1.807, 2.05) is 0 Å². The van der Waals surface area contributed by atoms with Crippen molar-refractivity contribution < 1.29 is 13.2 Å². The molecule has 5 heteroatoms. The number of nitrogens with zero attached hydrogens (tertiary/aromatic N) is 1. The van der Waals surface area contributed by atoms with Crippen LogP contribution in [0.5, 0.6) is 0 Å². The summed E-state index contributed by atoms with van der Waals surface area (Å²) in [5.74, 6) is 0. The first-order valence-corrected chi connectivity index (χ1v) is 10.1. The zero-order valence-corrected chi connectivity index (χ0v) is 17.5. The van der Waals surface area contributed by atoms with Crippen LogP contribution < -0.4 is 0 Å². The zero-order chi connectivity index (χ0) is 20.3. The molecular formula is C25H25ClF3N. The molecule has 0 saturated heterocycles. The minimum absolute atomic E-state index is 0. The molecule has 0 spiro atoms. The van der Waals surface area contributed by atoms with Gasteiger partial charge in [-0.25, -0.2) is 0 Å². The van der Waals surface area contributed by atoms with Crippen LogP contribution in [-0.4, -0.2) is 24.5 Å². The Balaban J connectivity index is 0.00000256. The third-order valence-electron chi connectivity index (χ3n) is 5.68. The van der Waals surface area contributed by atoms with Crippen molar-refractivity contribution >= 4 is 28.8 Å². The van der Waals surface area contributed by atoms with E-state index in [-0.39, 0.29) is 12.4 Å². The van der Waals surface area contributed by atoms with Crippen LogP contribution in [0.1, 0.15) is 29.5 Å². The van der Waals surface area contributed by atoms with Crippen LogP contribution >= 0.6 is 12.4 Å². The van der Waals surface area contributed by atoms with Gasteiger partial charge < -0.3 is 0 Å². The molecule has 3 aromatic rings. The second kappa shape index (κ2) is 9.67. The number of fused-ring (bicyclic) bond motifs is 1. The largest absolute Gasteiger partial charge is 0.416 e. The van der Waals surface area contributed by atoms with Crippen molar-refractivity contribution in [2.45, 2.75) is 25.4 Å². The minimum Gasteiger partial charge on any atom is -0.299 e. The topological polar surface area (TPSA) is 3.24 Å². The van der Waals surface area contributed by atoms with E-state index < -0.39 is 11.7 Å². The van der Waals surface area contributed by atoms with E-state index in [2.05, 4.69) is 53.4 Å². The standard InChI is InChI=1S/C25H24F3N.ClH/c26-25(27,28)23-12-10-19(11-13-23)20-14-17-29(18-15-20)16-4-8-22-7-3-6-21-5-1-2-9-24(21)22;/h1-3,5-7,9-14H,4,8,15-18H2;1H. The van der Waals surface area contributed by atoms with Gasteiger partial charge in [-0.3, -0.25) is 4.90 Å². The van der Waals surface area contributed by atoms with Gasteiger partial charge in [-0.15, -0.1) is 12.4 Å². The predicted octanol–water partition coefficient (Wildman–Crippen LogP) is 7.00. The Labute approximate surface area is 181 Å². The molecule has 0 fully saturated rings. The zero-order valence-electron chi connectivity index (χ0n) is 16.7. The molecule has 1 aliphatic heterocycles. The van der Waals surface area contributed by atoms with Gasteiger partial charge in [-0.05, 0) is 65.4 Å². The molecular weight excluding hydrogens is 407 g/mol. The Hall–Kier alpha value is -2.30. The van der Waals surface area contributed by atoms with Crippen LogP contribution in [-0.2, 0) is 12.6 Å². The first-order valence-electron chi connectivity index (χ1n) is 10.1. The number of rotatable bonds is 5. The van der Waals surface area contributed by atoms with Gasteiger partial charge in [0.25, 0.3) is 0 Å². The fraction of sp³-hybridized carbons (Fsp3) is 0.280. The maximum Gasteiger partial charge on any atom is 0.416 e. The summed E-state index contributed by atoms with van der Waals surface area (Å²) in [6.07, 6.45) is 0.898. The molecule has 30 heavy (non-hydrogen) atoms. The SMILES string of the molecule is Cl.FC(F)(F)c1ccc(C2=CCN(CCCc3cccc4ccccc34)CC2)cc1. The van der Waals surface area contributed by atoms with Gasteiger partial charge in [-0.2, -0.15) is 13.2 Å². The van der Waals surface area contributed by atoms with Crippen LogP contribution in [0.15, 0.2) is 72.8 Å². The van der Waals surface area contributed by atoms with Gasteiger partial charge in [-0.1, -0.05) is 60.7 Å². The van der Waals surface area contributed by atoms with Gasteiger partial charge in [0.15, 0.2) is 0 Å². The average molecular weight is 432 g/mol. The fourth-order valence-corrected chi connectivity index (χ4v) is 4.05. The van der Waals surface area contributed by atoms with E-state index in [1.54, 1.807) is 12.1 Å². The first kappa shape index (κ1) is 22.4. The highest BCUT2D eigenvalue weighted by Crippen LogP contribution is 2.31. The van der Waals surface area contributed by atoms with E-state index >= 15 is 0 Å². The molecule has 1 nitrogen and oxygen atoms in total. The number of halogens is 4. The first-order chi connectivity index (χ1) is 14.0. The number of hydrogen-bond donors (Lipinski definition) is 0. The molecule has 1 aliphatic rings. The quantitative estimate of drug-likeness (QED) is 0.420. The Morgan fingerprint density at radius 2 is 1.60 bits per heavy atom. The molecule has 158 valence electrons. The Bertz CT molecular complexity index is 1000. The van der Waals surface area contributed by atoms with E-state index in [1.165, 1.54) is 28.5 Å². The second-order valence-corrected chi connectivity index (χ2v) is 7.60. The van der Waals surface area contributed by atoms with Crippen LogP contribution in [0.4, 0.5) is 13.2 Å². The summed E-state index contributed by atoms with van der Waals surface area (Å²) in [6, 6.07) is 20.5. The van der Waals surface area contributed by atoms with Gasteiger partial charge in [0.1, 0.15) is 0 Å². The van der Waals surface area contributed by atoms with Crippen molar-refractivity contribution in [2.24, 2.45) is 0 Å². The second-order valence-electron chi connectivity index (χ2n) is 7.60. The van der Waals surface area contributed by atoms with Crippen LogP contribution in [0, 0.1) is 0 Å². The predicted molar refractivity (Wildman–Crippen MR) is 120 cm³/mol. The smallest absolute Gasteiger partial charge is 0.299 e. The maximum atomic E-state index is 12.7. The monoisotopic (exact) mass is 431 g/mol. The van der Waals surface area contributed by atoms with E-state index in [0.717, 1.165) is 50.0 Å². The molecule has 0 amide bonds. The summed E-state index contributed by atoms with van der Waals surface area (Å²) < 4.78 is 38.2. The van der Waals surface area contributed by atoms with E-state index in [0.29, 0.717) is 0 Å². The third-order valence-corrected chi connectivity index (χ3v) is 5.68. The summed E-state index contributed by atoms with van der Waals surface area (Å²) in [7, 11) is 0. The number of hydrogen-bond acceptors (Lipinski definition) is 1. The number of aryl methyl sites for hydroxylation is 1. The molecule has 3 aromatic carbocycles. The highest BCUT2D eigenvalue weighted by Gasteiger charge is 2.30. The van der Waals surface area contributed by atoms with Crippen LogP contribution in [0.3, 0.4) is 0 Å². The van der Waals surface area contributed by atoms with Crippen LogP contribution in [0.2, 0.25) is 0 Å². The van der Waals surface area contributed by atoms with Crippen molar-refractivity contribution in [3.8, 4) is 0 Å². The summed E-state index contributed by atoms with van der Waals surface area (Å²) in [5.41, 5.74) is 2.84. The summed E-state index contributed by atoms with van der Waals surface area (Å²) in [5, 5.41) is 2.62. The molecule has 0 unspecified atom stereocenters. The van der Waals surface area contributed by atoms with Crippen molar-refractivity contribution in [1.82, 2.24) is 4.90 Å². The van der Waals surface area contributed by atoms with E-state index in [9.17, 15) is 13.2 Å². The van der Waals surface area contributed by atoms with Gasteiger partial charge in [0.05, 0.1) is 5.56 Å². The van der Waals surface area contributed by atoms with Gasteiger partial charge in [0, 0.05) is 13.1 Å². The lowest BCUT2D eigenvalue weighted by atomic mass is 9.97. The third kappa shape index (κ3) is 5.24. The van der Waals surface area contributed by atoms with Crippen molar-refractivity contribution in [2.75, 3.05) is 19.6 Å². The normalized spacial score (nSPS) is 15.0. The highest BCUT2D eigenvalue weighted by molar-refractivity contribution is 5.86. The Morgan fingerprint density at radius 3 is 2.30 bits per heavy atom.